The zero-order chi connectivity index (χ0) is 17.9. The zero-order valence-corrected chi connectivity index (χ0v) is 15.3. The molecule has 0 aromatic rings. The van der Waals surface area contributed by atoms with Crippen molar-refractivity contribution in [2.45, 2.75) is 71.5 Å². The van der Waals surface area contributed by atoms with Gasteiger partial charge < -0.3 is 15.3 Å². The van der Waals surface area contributed by atoms with E-state index in [1.54, 1.807) is 13.0 Å². The van der Waals surface area contributed by atoms with Crippen LogP contribution < -0.4 is 0 Å². The molecule has 2 fully saturated rings. The predicted molar refractivity (Wildman–Crippen MR) is 92.3 cm³/mol. The van der Waals surface area contributed by atoms with Crippen LogP contribution in [-0.4, -0.2) is 33.0 Å². The summed E-state index contributed by atoms with van der Waals surface area (Å²) in [5.74, 6) is 0.134. The fourth-order valence-electron chi connectivity index (χ4n) is 6.18. The lowest BCUT2D eigenvalue weighted by atomic mass is 9.50. The maximum Gasteiger partial charge on any atom is 0.310 e. The Morgan fingerprint density at radius 2 is 1.88 bits per heavy atom. The van der Waals surface area contributed by atoms with E-state index in [4.69, 9.17) is 0 Å². The molecule has 7 atom stereocenters. The Morgan fingerprint density at radius 1 is 1.21 bits per heavy atom. The minimum atomic E-state index is -1.23. The van der Waals surface area contributed by atoms with Crippen molar-refractivity contribution in [2.24, 2.45) is 34.5 Å². The van der Waals surface area contributed by atoms with Crippen LogP contribution >= 0.6 is 0 Å². The Kier molecular flexibility index (Phi) is 4.16. The van der Waals surface area contributed by atoms with E-state index in [1.165, 1.54) is 0 Å². The Balaban J connectivity index is 2.05. The van der Waals surface area contributed by atoms with Crippen molar-refractivity contribution in [2.75, 3.05) is 0 Å². The molecule has 0 heterocycles. The number of allylic oxidation sites excluding steroid dienone is 1. The molecule has 0 aromatic carbocycles. The Hall–Kier alpha value is -0.870. The predicted octanol–water partition coefficient (Wildman–Crippen LogP) is 3.23. The van der Waals surface area contributed by atoms with Gasteiger partial charge in [0.05, 0.1) is 11.5 Å². The standard InChI is InChI=1S/C20H32O4/c1-12(2)13-5-6-15-14-7-8-19(4,24)16(21)11-18(14,3)9-10-20(13,15)17(22)23/h7-8,12-16,21,24H,5-6,9-11H2,1-4H3,(H,22,23)/t13-,14+,15+,16-,18+,19+,20+/m1/s1. The molecule has 24 heavy (non-hydrogen) atoms. The molecule has 0 aromatic heterocycles. The lowest BCUT2D eigenvalue weighted by Crippen LogP contribution is -2.52. The first-order valence-electron chi connectivity index (χ1n) is 9.38. The van der Waals surface area contributed by atoms with Crippen LogP contribution in [0, 0.1) is 34.5 Å². The van der Waals surface area contributed by atoms with Crippen LogP contribution in [0.3, 0.4) is 0 Å². The number of carbonyl (C=O) groups is 1. The smallest absolute Gasteiger partial charge is 0.310 e. The number of fused-ring (bicyclic) bond motifs is 3. The van der Waals surface area contributed by atoms with Crippen LogP contribution in [0.25, 0.3) is 0 Å². The van der Waals surface area contributed by atoms with Crippen molar-refractivity contribution < 1.29 is 20.1 Å². The molecular formula is C20H32O4. The van der Waals surface area contributed by atoms with Gasteiger partial charge in [-0.05, 0) is 68.1 Å². The highest BCUT2D eigenvalue weighted by Gasteiger charge is 2.64. The second-order valence-electron chi connectivity index (χ2n) is 9.36. The molecule has 3 N–H and O–H groups in total. The van der Waals surface area contributed by atoms with E-state index in [1.807, 2.05) is 6.08 Å². The average molecular weight is 336 g/mol. The first-order valence-corrected chi connectivity index (χ1v) is 9.38. The van der Waals surface area contributed by atoms with Gasteiger partial charge in [-0.3, -0.25) is 4.79 Å². The van der Waals surface area contributed by atoms with E-state index in [0.29, 0.717) is 18.8 Å². The fourth-order valence-corrected chi connectivity index (χ4v) is 6.18. The quantitative estimate of drug-likeness (QED) is 0.677. The molecule has 0 aliphatic heterocycles. The molecule has 0 unspecified atom stereocenters. The first kappa shape index (κ1) is 17.9. The highest BCUT2D eigenvalue weighted by Crippen LogP contribution is 2.65. The minimum Gasteiger partial charge on any atom is -0.481 e. The van der Waals surface area contributed by atoms with E-state index in [-0.39, 0.29) is 23.2 Å². The molecule has 0 amide bonds. The molecule has 0 spiro atoms. The lowest BCUT2D eigenvalue weighted by molar-refractivity contribution is -0.166. The Labute approximate surface area is 145 Å². The normalized spacial score (nSPS) is 51.1. The van der Waals surface area contributed by atoms with Crippen LogP contribution in [0.4, 0.5) is 0 Å². The molecule has 3 rings (SSSR count). The molecule has 2 saturated carbocycles. The molecule has 4 heteroatoms. The third-order valence-electron chi connectivity index (χ3n) is 7.64. The van der Waals surface area contributed by atoms with Gasteiger partial charge in [-0.25, -0.2) is 0 Å². The van der Waals surface area contributed by atoms with Gasteiger partial charge in [-0.2, -0.15) is 0 Å². The second-order valence-corrected chi connectivity index (χ2v) is 9.36. The lowest BCUT2D eigenvalue weighted by Gasteiger charge is -2.53. The highest BCUT2D eigenvalue weighted by atomic mass is 16.4. The molecule has 0 bridgehead atoms. The molecule has 4 nitrogen and oxygen atoms in total. The highest BCUT2D eigenvalue weighted by molar-refractivity contribution is 5.76. The summed E-state index contributed by atoms with van der Waals surface area (Å²) < 4.78 is 0. The van der Waals surface area contributed by atoms with Crippen LogP contribution in [0.5, 0.6) is 0 Å². The van der Waals surface area contributed by atoms with Crippen molar-refractivity contribution in [3.8, 4) is 0 Å². The number of rotatable bonds is 2. The van der Waals surface area contributed by atoms with E-state index in [9.17, 15) is 20.1 Å². The summed E-state index contributed by atoms with van der Waals surface area (Å²) in [6.07, 6.45) is 6.84. The maximum absolute atomic E-state index is 12.4. The van der Waals surface area contributed by atoms with Gasteiger partial charge in [-0.15, -0.1) is 0 Å². The van der Waals surface area contributed by atoms with Crippen LogP contribution in [0.15, 0.2) is 12.2 Å². The average Bonchev–Trinajstić information content (AvgIpc) is 2.82. The fraction of sp³-hybridized carbons (Fsp3) is 0.850. The molecule has 136 valence electrons. The van der Waals surface area contributed by atoms with Crippen molar-refractivity contribution in [1.29, 1.82) is 0 Å². The summed E-state index contributed by atoms with van der Waals surface area (Å²) in [6, 6.07) is 0. The number of aliphatic hydroxyl groups excluding tert-OH is 1. The number of carboxylic acids is 1. The van der Waals surface area contributed by atoms with E-state index >= 15 is 0 Å². The van der Waals surface area contributed by atoms with Crippen LogP contribution in [-0.2, 0) is 4.79 Å². The van der Waals surface area contributed by atoms with E-state index < -0.39 is 23.1 Å². The van der Waals surface area contributed by atoms with Crippen LogP contribution in [0.2, 0.25) is 0 Å². The minimum absolute atomic E-state index is 0.0958. The maximum atomic E-state index is 12.4. The SMILES string of the molecule is CC(C)[C@H]1CC[C@H]2[C@@H]3C=C[C@](C)(O)[C@H](O)C[C@]3(C)CC[C@]12C(=O)O. The van der Waals surface area contributed by atoms with E-state index in [0.717, 1.165) is 19.3 Å². The van der Waals surface area contributed by atoms with Crippen molar-refractivity contribution >= 4 is 5.97 Å². The van der Waals surface area contributed by atoms with Gasteiger partial charge in [0.25, 0.3) is 0 Å². The number of aliphatic carboxylic acids is 1. The number of aliphatic hydroxyl groups is 2. The van der Waals surface area contributed by atoms with Crippen molar-refractivity contribution in [3.05, 3.63) is 12.2 Å². The third kappa shape index (κ3) is 2.37. The van der Waals surface area contributed by atoms with Gasteiger partial charge in [-0.1, -0.05) is 32.9 Å². The summed E-state index contributed by atoms with van der Waals surface area (Å²) in [6.45, 7) is 8.10. The number of hydrogen-bond acceptors (Lipinski definition) is 3. The molecular weight excluding hydrogens is 304 g/mol. The van der Waals surface area contributed by atoms with Crippen molar-refractivity contribution in [3.63, 3.8) is 0 Å². The van der Waals surface area contributed by atoms with Crippen molar-refractivity contribution in [1.82, 2.24) is 0 Å². The number of hydrogen-bond donors (Lipinski definition) is 3. The topological polar surface area (TPSA) is 77.8 Å². The van der Waals surface area contributed by atoms with Gasteiger partial charge in [0.2, 0.25) is 0 Å². The zero-order valence-electron chi connectivity index (χ0n) is 15.3. The summed E-state index contributed by atoms with van der Waals surface area (Å²) in [7, 11) is 0. The van der Waals surface area contributed by atoms with Crippen LogP contribution in [0.1, 0.15) is 59.8 Å². The summed E-state index contributed by atoms with van der Waals surface area (Å²) in [4.78, 5) is 12.4. The van der Waals surface area contributed by atoms with Gasteiger partial charge >= 0.3 is 5.97 Å². The summed E-state index contributed by atoms with van der Waals surface area (Å²) >= 11 is 0. The monoisotopic (exact) mass is 336 g/mol. The molecule has 0 saturated heterocycles. The second kappa shape index (κ2) is 5.57. The van der Waals surface area contributed by atoms with Gasteiger partial charge in [0.1, 0.15) is 5.60 Å². The Morgan fingerprint density at radius 3 is 2.46 bits per heavy atom. The summed E-state index contributed by atoms with van der Waals surface area (Å²) in [5.41, 5.74) is -2.03. The van der Waals surface area contributed by atoms with E-state index in [2.05, 4.69) is 20.8 Å². The number of carboxylic acid groups (broad SMARTS) is 1. The largest absolute Gasteiger partial charge is 0.481 e. The molecule has 0 radical (unpaired) electrons. The third-order valence-corrected chi connectivity index (χ3v) is 7.64. The first-order chi connectivity index (χ1) is 11.0. The van der Waals surface area contributed by atoms with Gasteiger partial charge in [0.15, 0.2) is 0 Å². The molecule has 3 aliphatic rings. The summed E-state index contributed by atoms with van der Waals surface area (Å²) in [5, 5.41) is 31.1. The Bertz CT molecular complexity index is 552. The molecule has 3 aliphatic carbocycles. The van der Waals surface area contributed by atoms with Gasteiger partial charge in [0, 0.05) is 0 Å².